The normalized spacial score (nSPS) is 21.0. The second kappa shape index (κ2) is 7.30. The zero-order chi connectivity index (χ0) is 17.0. The first-order valence-corrected chi connectivity index (χ1v) is 8.57. The van der Waals surface area contributed by atoms with E-state index in [1.165, 1.54) is 5.56 Å². The van der Waals surface area contributed by atoms with Crippen molar-refractivity contribution in [2.45, 2.75) is 32.3 Å². The Morgan fingerprint density at radius 2 is 2.25 bits per heavy atom. The van der Waals surface area contributed by atoms with Gasteiger partial charge in [0.15, 0.2) is 11.5 Å². The van der Waals surface area contributed by atoms with Crippen molar-refractivity contribution >= 4 is 6.03 Å². The van der Waals surface area contributed by atoms with Gasteiger partial charge in [-0.05, 0) is 26.3 Å². The third kappa shape index (κ3) is 4.32. The van der Waals surface area contributed by atoms with Gasteiger partial charge in [0, 0.05) is 31.1 Å². The van der Waals surface area contributed by atoms with Crippen LogP contribution in [0.25, 0.3) is 0 Å². The van der Waals surface area contributed by atoms with Gasteiger partial charge in [-0.3, -0.25) is 0 Å². The summed E-state index contributed by atoms with van der Waals surface area (Å²) < 4.78 is 17.0. The van der Waals surface area contributed by atoms with Crippen molar-refractivity contribution in [3.63, 3.8) is 0 Å². The predicted molar refractivity (Wildman–Crippen MR) is 90.7 cm³/mol. The number of ether oxygens (including phenoxy) is 3. The van der Waals surface area contributed by atoms with Gasteiger partial charge in [0.1, 0.15) is 12.2 Å². The van der Waals surface area contributed by atoms with Crippen molar-refractivity contribution < 1.29 is 19.0 Å². The second-order valence-corrected chi connectivity index (χ2v) is 7.00. The minimum absolute atomic E-state index is 0.166. The van der Waals surface area contributed by atoms with Crippen molar-refractivity contribution in [3.05, 3.63) is 23.8 Å². The molecule has 0 aliphatic carbocycles. The van der Waals surface area contributed by atoms with Gasteiger partial charge in [-0.25, -0.2) is 4.79 Å². The van der Waals surface area contributed by atoms with Crippen LogP contribution in [-0.4, -0.2) is 44.5 Å². The Kier molecular flexibility index (Phi) is 5.14. The molecule has 0 aromatic heterocycles. The van der Waals surface area contributed by atoms with Gasteiger partial charge in [-0.15, -0.1) is 0 Å². The molecule has 2 aliphatic heterocycles. The largest absolute Gasteiger partial charge is 0.488 e. The first kappa shape index (κ1) is 16.9. The number of hydrogen-bond donors (Lipinski definition) is 2. The van der Waals surface area contributed by atoms with Crippen LogP contribution < -0.4 is 20.1 Å². The molecular formula is C18H26N2O4. The number of benzene rings is 1. The van der Waals surface area contributed by atoms with Gasteiger partial charge in [-0.2, -0.15) is 0 Å². The maximum atomic E-state index is 11.7. The van der Waals surface area contributed by atoms with E-state index in [1.807, 2.05) is 12.1 Å². The fourth-order valence-corrected chi connectivity index (χ4v) is 3.07. The highest BCUT2D eigenvalue weighted by Gasteiger charge is 2.32. The van der Waals surface area contributed by atoms with Crippen LogP contribution in [-0.2, 0) is 11.2 Å². The molecule has 2 heterocycles. The molecule has 0 bridgehead atoms. The smallest absolute Gasteiger partial charge is 0.314 e. The van der Waals surface area contributed by atoms with Crippen molar-refractivity contribution in [3.8, 4) is 11.5 Å². The molecule has 1 fully saturated rings. The van der Waals surface area contributed by atoms with Gasteiger partial charge in [0.2, 0.25) is 0 Å². The van der Waals surface area contributed by atoms with Gasteiger partial charge in [0.25, 0.3) is 0 Å². The van der Waals surface area contributed by atoms with E-state index >= 15 is 0 Å². The Balaban J connectivity index is 1.38. The second-order valence-electron chi connectivity index (χ2n) is 7.00. The van der Waals surface area contributed by atoms with Crippen molar-refractivity contribution in [1.82, 2.24) is 10.6 Å². The first-order valence-electron chi connectivity index (χ1n) is 8.57. The Hall–Kier alpha value is -1.95. The summed E-state index contributed by atoms with van der Waals surface area (Å²) in [6, 6.07) is 5.78. The lowest BCUT2D eigenvalue weighted by atomic mass is 10.0. The van der Waals surface area contributed by atoms with E-state index < -0.39 is 0 Å². The van der Waals surface area contributed by atoms with E-state index in [0.29, 0.717) is 25.6 Å². The summed E-state index contributed by atoms with van der Waals surface area (Å²) in [5, 5.41) is 5.67. The van der Waals surface area contributed by atoms with Crippen molar-refractivity contribution in [2.75, 3.05) is 32.9 Å². The molecule has 0 spiro atoms. The Bertz CT molecular complexity index is 582. The lowest BCUT2D eigenvalue weighted by Gasteiger charge is -2.18. The molecule has 24 heavy (non-hydrogen) atoms. The minimum atomic E-state index is -0.191. The molecule has 2 aliphatic rings. The number of urea groups is 1. The minimum Gasteiger partial charge on any atom is -0.488 e. The van der Waals surface area contributed by atoms with Crippen LogP contribution in [0.4, 0.5) is 4.79 Å². The van der Waals surface area contributed by atoms with Gasteiger partial charge in [-0.1, -0.05) is 12.1 Å². The van der Waals surface area contributed by atoms with Crippen LogP contribution in [0.15, 0.2) is 18.2 Å². The third-order valence-corrected chi connectivity index (χ3v) is 4.28. The van der Waals surface area contributed by atoms with Crippen LogP contribution in [0, 0.1) is 5.92 Å². The first-order chi connectivity index (χ1) is 11.5. The van der Waals surface area contributed by atoms with E-state index in [2.05, 4.69) is 30.5 Å². The predicted octanol–water partition coefficient (Wildman–Crippen LogP) is 2.11. The van der Waals surface area contributed by atoms with E-state index in [-0.39, 0.29) is 11.6 Å². The number of carbonyl (C=O) groups is 1. The third-order valence-electron chi connectivity index (χ3n) is 4.28. The fourth-order valence-electron chi connectivity index (χ4n) is 3.07. The summed E-state index contributed by atoms with van der Waals surface area (Å²) in [4.78, 5) is 11.7. The Morgan fingerprint density at radius 3 is 3.04 bits per heavy atom. The molecule has 132 valence electrons. The van der Waals surface area contributed by atoms with Crippen LogP contribution >= 0.6 is 0 Å². The van der Waals surface area contributed by atoms with Gasteiger partial charge in [0.05, 0.1) is 13.2 Å². The van der Waals surface area contributed by atoms with Crippen molar-refractivity contribution in [2.24, 2.45) is 5.92 Å². The molecule has 1 saturated heterocycles. The summed E-state index contributed by atoms with van der Waals surface area (Å²) in [7, 11) is 0. The Labute approximate surface area is 142 Å². The van der Waals surface area contributed by atoms with Crippen LogP contribution in [0.3, 0.4) is 0 Å². The van der Waals surface area contributed by atoms with Gasteiger partial charge >= 0.3 is 6.03 Å². The maximum Gasteiger partial charge on any atom is 0.314 e. The van der Waals surface area contributed by atoms with Crippen molar-refractivity contribution in [1.29, 1.82) is 0 Å². The lowest BCUT2D eigenvalue weighted by Crippen LogP contribution is -2.40. The number of hydrogen-bond acceptors (Lipinski definition) is 4. The molecule has 6 nitrogen and oxygen atoms in total. The van der Waals surface area contributed by atoms with Gasteiger partial charge < -0.3 is 24.8 Å². The van der Waals surface area contributed by atoms with Crippen LogP contribution in [0.2, 0.25) is 0 Å². The number of nitrogens with one attached hydrogen (secondary N) is 2. The standard InChI is InChI=1S/C18H26N2O4/c1-18(2)10-14-4-3-5-15(16(14)24-18)23-9-7-19-17(21)20-11-13-6-8-22-12-13/h3-5,13H,6-12H2,1-2H3,(H2,19,20,21)/t13-/m0/s1. The molecule has 6 heteroatoms. The van der Waals surface area contributed by atoms with E-state index in [0.717, 1.165) is 37.6 Å². The lowest BCUT2D eigenvalue weighted by molar-refractivity contribution is 0.132. The highest BCUT2D eigenvalue weighted by molar-refractivity contribution is 5.73. The summed E-state index contributed by atoms with van der Waals surface area (Å²) in [5.41, 5.74) is 0.978. The molecule has 2 N–H and O–H groups in total. The monoisotopic (exact) mass is 334 g/mol. The zero-order valence-corrected chi connectivity index (χ0v) is 14.4. The quantitative estimate of drug-likeness (QED) is 0.782. The summed E-state index contributed by atoms with van der Waals surface area (Å²) in [6.07, 6.45) is 1.89. The topological polar surface area (TPSA) is 68.8 Å². The molecule has 2 amide bonds. The fraction of sp³-hybridized carbons (Fsp3) is 0.611. The zero-order valence-electron chi connectivity index (χ0n) is 14.4. The molecule has 0 radical (unpaired) electrons. The van der Waals surface area contributed by atoms with E-state index in [1.54, 1.807) is 0 Å². The SMILES string of the molecule is CC1(C)Cc2cccc(OCCNC(=O)NC[C@@H]3CCOC3)c2O1. The van der Waals surface area contributed by atoms with Crippen LogP contribution in [0.1, 0.15) is 25.8 Å². The summed E-state index contributed by atoms with van der Waals surface area (Å²) >= 11 is 0. The average molecular weight is 334 g/mol. The molecule has 0 saturated carbocycles. The summed E-state index contributed by atoms with van der Waals surface area (Å²) in [6.45, 7) is 7.17. The number of amides is 2. The number of carbonyl (C=O) groups excluding carboxylic acids is 1. The molecule has 0 unspecified atom stereocenters. The number of rotatable bonds is 6. The highest BCUT2D eigenvalue weighted by atomic mass is 16.5. The Morgan fingerprint density at radius 1 is 1.38 bits per heavy atom. The number of para-hydroxylation sites is 1. The van der Waals surface area contributed by atoms with Crippen LogP contribution in [0.5, 0.6) is 11.5 Å². The molecular weight excluding hydrogens is 308 g/mol. The van der Waals surface area contributed by atoms with E-state index in [4.69, 9.17) is 14.2 Å². The highest BCUT2D eigenvalue weighted by Crippen LogP contribution is 2.41. The average Bonchev–Trinajstić information content (AvgIpc) is 3.15. The number of fused-ring (bicyclic) bond motifs is 1. The molecule has 1 aromatic rings. The molecule has 1 aromatic carbocycles. The molecule has 1 atom stereocenters. The maximum absolute atomic E-state index is 11.7. The molecule has 3 rings (SSSR count). The summed E-state index contributed by atoms with van der Waals surface area (Å²) in [5.74, 6) is 2.00. The van der Waals surface area contributed by atoms with E-state index in [9.17, 15) is 4.79 Å².